The maximum absolute atomic E-state index is 10.1. The Morgan fingerprint density at radius 2 is 0.760 bits per heavy atom. The van der Waals surface area contributed by atoms with E-state index in [1.165, 1.54) is 122 Å². The van der Waals surface area contributed by atoms with Crippen molar-refractivity contribution < 1.29 is 4.79 Å². The van der Waals surface area contributed by atoms with Crippen LogP contribution in [0.15, 0.2) is 0 Å². The highest BCUT2D eigenvalue weighted by Crippen LogP contribution is 2.14. The number of hydrogen-bond donors (Lipinski definition) is 1. The summed E-state index contributed by atoms with van der Waals surface area (Å²) in [5, 5.41) is 2.73. The minimum Gasteiger partial charge on any atom is -0.359 e. The van der Waals surface area contributed by atoms with Gasteiger partial charge in [0, 0.05) is 6.54 Å². The van der Waals surface area contributed by atoms with Gasteiger partial charge < -0.3 is 5.32 Å². The summed E-state index contributed by atoms with van der Waals surface area (Å²) in [6, 6.07) is 0. The van der Waals surface area contributed by atoms with Crippen LogP contribution in [-0.2, 0) is 4.79 Å². The third-order valence-electron chi connectivity index (χ3n) is 5.26. The topological polar surface area (TPSA) is 29.1 Å². The molecular formula is C23H47NO. The van der Waals surface area contributed by atoms with Crippen molar-refractivity contribution in [3.63, 3.8) is 0 Å². The van der Waals surface area contributed by atoms with Gasteiger partial charge in [-0.2, -0.15) is 0 Å². The van der Waals surface area contributed by atoms with E-state index in [-0.39, 0.29) is 0 Å². The van der Waals surface area contributed by atoms with E-state index in [2.05, 4.69) is 12.2 Å². The largest absolute Gasteiger partial charge is 0.359 e. The van der Waals surface area contributed by atoms with Crippen LogP contribution < -0.4 is 5.32 Å². The molecule has 0 atom stereocenters. The molecule has 0 aromatic carbocycles. The van der Waals surface area contributed by atoms with Crippen LogP contribution in [0.1, 0.15) is 135 Å². The molecular weight excluding hydrogens is 306 g/mol. The van der Waals surface area contributed by atoms with Crippen molar-refractivity contribution in [2.75, 3.05) is 6.54 Å². The van der Waals surface area contributed by atoms with Crippen LogP contribution in [0.25, 0.3) is 0 Å². The highest BCUT2D eigenvalue weighted by molar-refractivity contribution is 5.45. The van der Waals surface area contributed by atoms with Gasteiger partial charge in [-0.15, -0.1) is 0 Å². The van der Waals surface area contributed by atoms with Gasteiger partial charge in [0.1, 0.15) is 0 Å². The second-order valence-electron chi connectivity index (χ2n) is 7.79. The number of unbranched alkanes of at least 4 members (excludes halogenated alkanes) is 19. The van der Waals surface area contributed by atoms with E-state index < -0.39 is 0 Å². The molecule has 2 heteroatoms. The molecule has 0 saturated carbocycles. The highest BCUT2D eigenvalue weighted by atomic mass is 16.1. The first-order chi connectivity index (χ1) is 12.4. The Labute approximate surface area is 158 Å². The predicted octanol–water partition coefficient (Wildman–Crippen LogP) is 7.55. The third-order valence-corrected chi connectivity index (χ3v) is 5.26. The molecule has 150 valence electrons. The third kappa shape index (κ3) is 23.5. The van der Waals surface area contributed by atoms with Crippen LogP contribution in [-0.4, -0.2) is 13.0 Å². The van der Waals surface area contributed by atoms with Crippen LogP contribution in [0, 0.1) is 0 Å². The molecule has 0 heterocycles. The SMILES string of the molecule is CCCCCCCCCCCCCCCCCCCCCCNC=O. The zero-order chi connectivity index (χ0) is 18.3. The Kier molecular flexibility index (Phi) is 23.0. The van der Waals surface area contributed by atoms with Crippen molar-refractivity contribution in [2.45, 2.75) is 135 Å². The van der Waals surface area contributed by atoms with E-state index >= 15 is 0 Å². The van der Waals surface area contributed by atoms with E-state index in [1.54, 1.807) is 0 Å². The van der Waals surface area contributed by atoms with Crippen LogP contribution in [0.5, 0.6) is 0 Å². The zero-order valence-corrected chi connectivity index (χ0v) is 17.3. The van der Waals surface area contributed by atoms with Gasteiger partial charge in [0.15, 0.2) is 0 Å². The summed E-state index contributed by atoms with van der Waals surface area (Å²) in [6.45, 7) is 3.14. The minimum absolute atomic E-state index is 0.801. The zero-order valence-electron chi connectivity index (χ0n) is 17.3. The van der Waals surface area contributed by atoms with Crippen molar-refractivity contribution in [1.82, 2.24) is 5.32 Å². The van der Waals surface area contributed by atoms with Crippen LogP contribution in [0.3, 0.4) is 0 Å². The molecule has 1 amide bonds. The van der Waals surface area contributed by atoms with Crippen molar-refractivity contribution in [1.29, 1.82) is 0 Å². The van der Waals surface area contributed by atoms with Gasteiger partial charge in [0.2, 0.25) is 6.41 Å². The smallest absolute Gasteiger partial charge is 0.207 e. The number of carbonyl (C=O) groups excluding carboxylic acids is 1. The van der Waals surface area contributed by atoms with Crippen molar-refractivity contribution in [3.05, 3.63) is 0 Å². The molecule has 25 heavy (non-hydrogen) atoms. The summed E-state index contributed by atoms with van der Waals surface area (Å²) < 4.78 is 0. The van der Waals surface area contributed by atoms with E-state index in [1.807, 2.05) is 0 Å². The summed E-state index contributed by atoms with van der Waals surface area (Å²) in [6.07, 6.45) is 29.0. The molecule has 0 aromatic heterocycles. The van der Waals surface area contributed by atoms with Crippen molar-refractivity contribution >= 4 is 6.41 Å². The molecule has 0 saturated heterocycles. The quantitative estimate of drug-likeness (QED) is 0.158. The van der Waals surface area contributed by atoms with Gasteiger partial charge in [0.05, 0.1) is 0 Å². The van der Waals surface area contributed by atoms with E-state index in [0.29, 0.717) is 0 Å². The Morgan fingerprint density at radius 3 is 1.04 bits per heavy atom. The number of hydrogen-bond acceptors (Lipinski definition) is 1. The van der Waals surface area contributed by atoms with Gasteiger partial charge in [-0.25, -0.2) is 0 Å². The van der Waals surface area contributed by atoms with Crippen LogP contribution in [0.4, 0.5) is 0 Å². The number of carbonyl (C=O) groups is 1. The molecule has 0 rings (SSSR count). The fraction of sp³-hybridized carbons (Fsp3) is 0.957. The van der Waals surface area contributed by atoms with E-state index in [0.717, 1.165) is 19.4 Å². The van der Waals surface area contributed by atoms with Crippen LogP contribution in [0.2, 0.25) is 0 Å². The Bertz CT molecular complexity index is 242. The monoisotopic (exact) mass is 353 g/mol. The first-order valence-electron chi connectivity index (χ1n) is 11.6. The molecule has 0 radical (unpaired) electrons. The molecule has 2 nitrogen and oxygen atoms in total. The van der Waals surface area contributed by atoms with Gasteiger partial charge >= 0.3 is 0 Å². The number of nitrogens with one attached hydrogen (secondary N) is 1. The average molecular weight is 354 g/mol. The van der Waals surface area contributed by atoms with Gasteiger partial charge in [-0.3, -0.25) is 4.79 Å². The summed E-state index contributed by atoms with van der Waals surface area (Å²) in [5.41, 5.74) is 0. The molecule has 0 aromatic rings. The second kappa shape index (κ2) is 23.5. The fourth-order valence-corrected chi connectivity index (χ4v) is 3.54. The van der Waals surface area contributed by atoms with Gasteiger partial charge in [-0.1, -0.05) is 129 Å². The predicted molar refractivity (Wildman–Crippen MR) is 112 cm³/mol. The molecule has 0 spiro atoms. The molecule has 0 aliphatic carbocycles. The fourth-order valence-electron chi connectivity index (χ4n) is 3.54. The molecule has 0 unspecified atom stereocenters. The second-order valence-corrected chi connectivity index (χ2v) is 7.79. The number of amides is 1. The molecule has 1 N–H and O–H groups in total. The Balaban J connectivity index is 2.95. The minimum atomic E-state index is 0.801. The molecule has 0 aliphatic heterocycles. The molecule has 0 fully saturated rings. The summed E-state index contributed by atoms with van der Waals surface area (Å²) in [7, 11) is 0. The van der Waals surface area contributed by atoms with Crippen molar-refractivity contribution in [3.8, 4) is 0 Å². The van der Waals surface area contributed by atoms with E-state index in [4.69, 9.17) is 0 Å². The first kappa shape index (κ1) is 24.5. The maximum Gasteiger partial charge on any atom is 0.207 e. The normalized spacial score (nSPS) is 10.9. The Hall–Kier alpha value is -0.530. The van der Waals surface area contributed by atoms with Crippen LogP contribution >= 0.6 is 0 Å². The van der Waals surface area contributed by atoms with Gasteiger partial charge in [0.25, 0.3) is 0 Å². The van der Waals surface area contributed by atoms with E-state index in [9.17, 15) is 4.79 Å². The lowest BCUT2D eigenvalue weighted by Crippen LogP contribution is -2.11. The summed E-state index contributed by atoms with van der Waals surface area (Å²) in [5.74, 6) is 0. The molecule has 0 aliphatic rings. The lowest BCUT2D eigenvalue weighted by Gasteiger charge is -2.04. The summed E-state index contributed by atoms with van der Waals surface area (Å²) >= 11 is 0. The first-order valence-corrected chi connectivity index (χ1v) is 11.6. The molecule has 0 bridgehead atoms. The maximum atomic E-state index is 10.1. The average Bonchev–Trinajstić information content (AvgIpc) is 2.63. The highest BCUT2D eigenvalue weighted by Gasteiger charge is 1.95. The lowest BCUT2D eigenvalue weighted by molar-refractivity contribution is -0.109. The van der Waals surface area contributed by atoms with Gasteiger partial charge in [-0.05, 0) is 6.42 Å². The number of rotatable bonds is 22. The lowest BCUT2D eigenvalue weighted by atomic mass is 10.0. The summed E-state index contributed by atoms with van der Waals surface area (Å²) in [4.78, 5) is 10.1. The Morgan fingerprint density at radius 1 is 0.480 bits per heavy atom. The van der Waals surface area contributed by atoms with Crippen molar-refractivity contribution in [2.24, 2.45) is 0 Å². The standard InChI is InChI=1S/C23H47NO/c1-2-3-4-5-6-7-8-9-10-11-12-13-14-15-16-17-18-19-20-21-22-24-23-25/h23H,2-22H2,1H3,(H,24,25).